The van der Waals surface area contributed by atoms with Gasteiger partial charge in [-0.05, 0) is 44.4 Å². The molecule has 1 aromatic rings. The van der Waals surface area contributed by atoms with Gasteiger partial charge in [0.15, 0.2) is 0 Å². The Morgan fingerprint density at radius 3 is 2.70 bits per heavy atom. The highest BCUT2D eigenvalue weighted by Gasteiger charge is 2.26. The number of amides is 1. The molecule has 0 atom stereocenters. The van der Waals surface area contributed by atoms with Crippen molar-refractivity contribution in [2.45, 2.75) is 43.5 Å². The number of hydrogen-bond donors (Lipinski definition) is 1. The SMILES string of the molecule is CC1=CCN(C(=O)c2cccc(S(=O)(=O)NC3CCC3)c2)CC1. The second kappa shape index (κ2) is 6.45. The van der Waals surface area contributed by atoms with E-state index in [1.807, 2.05) is 6.08 Å². The average Bonchev–Trinajstić information content (AvgIpc) is 2.51. The maximum Gasteiger partial charge on any atom is 0.254 e. The summed E-state index contributed by atoms with van der Waals surface area (Å²) in [6.45, 7) is 3.32. The van der Waals surface area contributed by atoms with E-state index in [9.17, 15) is 13.2 Å². The summed E-state index contributed by atoms with van der Waals surface area (Å²) in [5, 5.41) is 0. The largest absolute Gasteiger partial charge is 0.335 e. The highest BCUT2D eigenvalue weighted by atomic mass is 32.2. The summed E-state index contributed by atoms with van der Waals surface area (Å²) in [6, 6.07) is 6.37. The van der Waals surface area contributed by atoms with Crippen LogP contribution in [-0.4, -0.2) is 38.4 Å². The molecule has 0 saturated heterocycles. The van der Waals surface area contributed by atoms with Gasteiger partial charge in [-0.25, -0.2) is 13.1 Å². The Bertz CT molecular complexity index is 736. The lowest BCUT2D eigenvalue weighted by Crippen LogP contribution is -2.39. The van der Waals surface area contributed by atoms with E-state index in [1.165, 1.54) is 17.7 Å². The number of carbonyl (C=O) groups excluding carboxylic acids is 1. The molecule has 1 heterocycles. The van der Waals surface area contributed by atoms with Crippen LogP contribution in [0, 0.1) is 0 Å². The van der Waals surface area contributed by atoms with Crippen molar-refractivity contribution in [3.63, 3.8) is 0 Å². The standard InChI is InChI=1S/C17H22N2O3S/c1-13-8-10-19(11-9-13)17(20)14-4-2-7-16(12-14)23(21,22)18-15-5-3-6-15/h2,4,7-8,12,15,18H,3,5-6,9-11H2,1H3. The summed E-state index contributed by atoms with van der Waals surface area (Å²) in [6.07, 6.45) is 5.75. The first-order valence-electron chi connectivity index (χ1n) is 8.03. The number of benzene rings is 1. The number of carbonyl (C=O) groups is 1. The smallest absolute Gasteiger partial charge is 0.254 e. The summed E-state index contributed by atoms with van der Waals surface area (Å²) < 4.78 is 27.5. The molecule has 0 unspecified atom stereocenters. The number of nitrogens with zero attached hydrogens (tertiary/aromatic N) is 1. The molecule has 1 saturated carbocycles. The summed E-state index contributed by atoms with van der Waals surface area (Å²) >= 11 is 0. The maximum atomic E-state index is 12.6. The Morgan fingerprint density at radius 1 is 1.30 bits per heavy atom. The van der Waals surface area contributed by atoms with Crippen LogP contribution in [0.1, 0.15) is 43.0 Å². The molecule has 0 bridgehead atoms. The first-order chi connectivity index (χ1) is 11.0. The van der Waals surface area contributed by atoms with Gasteiger partial charge in [0.25, 0.3) is 5.91 Å². The van der Waals surface area contributed by atoms with Crippen molar-refractivity contribution in [1.29, 1.82) is 0 Å². The molecule has 1 N–H and O–H groups in total. The van der Waals surface area contributed by atoms with E-state index in [0.717, 1.165) is 25.7 Å². The van der Waals surface area contributed by atoms with Crippen molar-refractivity contribution in [3.05, 3.63) is 41.5 Å². The highest BCUT2D eigenvalue weighted by molar-refractivity contribution is 7.89. The molecule has 1 fully saturated rings. The Balaban J connectivity index is 1.78. The van der Waals surface area contributed by atoms with Crippen LogP contribution in [0.4, 0.5) is 0 Å². The molecule has 1 aliphatic carbocycles. The molecule has 1 aromatic carbocycles. The van der Waals surface area contributed by atoms with E-state index in [-0.39, 0.29) is 16.8 Å². The van der Waals surface area contributed by atoms with Crippen LogP contribution in [0.5, 0.6) is 0 Å². The third kappa shape index (κ3) is 3.64. The van der Waals surface area contributed by atoms with Gasteiger partial charge in [-0.1, -0.05) is 24.1 Å². The second-order valence-corrected chi connectivity index (χ2v) is 8.04. The van der Waals surface area contributed by atoms with E-state index < -0.39 is 10.0 Å². The summed E-state index contributed by atoms with van der Waals surface area (Å²) in [7, 11) is -3.55. The molecule has 23 heavy (non-hydrogen) atoms. The van der Waals surface area contributed by atoms with E-state index in [4.69, 9.17) is 0 Å². The molecular weight excluding hydrogens is 312 g/mol. The zero-order chi connectivity index (χ0) is 16.4. The van der Waals surface area contributed by atoms with Crippen LogP contribution in [0.25, 0.3) is 0 Å². The predicted octanol–water partition coefficient (Wildman–Crippen LogP) is 2.31. The normalized spacial score (nSPS) is 19.2. The molecule has 0 radical (unpaired) electrons. The van der Waals surface area contributed by atoms with E-state index in [2.05, 4.69) is 11.6 Å². The molecule has 1 aliphatic heterocycles. The average molecular weight is 334 g/mol. The zero-order valence-electron chi connectivity index (χ0n) is 13.3. The van der Waals surface area contributed by atoms with Crippen LogP contribution in [0.15, 0.2) is 40.8 Å². The summed E-state index contributed by atoms with van der Waals surface area (Å²) in [5.74, 6) is -0.116. The van der Waals surface area contributed by atoms with Gasteiger partial charge in [-0.3, -0.25) is 4.79 Å². The van der Waals surface area contributed by atoms with Gasteiger partial charge in [0.1, 0.15) is 0 Å². The fourth-order valence-electron chi connectivity index (χ4n) is 2.75. The summed E-state index contributed by atoms with van der Waals surface area (Å²) in [5.41, 5.74) is 1.71. The Labute approximate surface area is 137 Å². The zero-order valence-corrected chi connectivity index (χ0v) is 14.1. The van der Waals surface area contributed by atoms with Crippen LogP contribution in [-0.2, 0) is 10.0 Å². The predicted molar refractivity (Wildman–Crippen MR) is 88.7 cm³/mol. The number of nitrogens with one attached hydrogen (secondary N) is 1. The highest BCUT2D eigenvalue weighted by Crippen LogP contribution is 2.22. The van der Waals surface area contributed by atoms with Crippen molar-refractivity contribution in [3.8, 4) is 0 Å². The summed E-state index contributed by atoms with van der Waals surface area (Å²) in [4.78, 5) is 14.5. The lowest BCUT2D eigenvalue weighted by Gasteiger charge is -2.27. The second-order valence-electron chi connectivity index (χ2n) is 6.33. The topological polar surface area (TPSA) is 66.5 Å². The number of hydrogen-bond acceptors (Lipinski definition) is 3. The van der Waals surface area contributed by atoms with E-state index in [1.54, 1.807) is 17.0 Å². The Hall–Kier alpha value is -1.66. The Morgan fingerprint density at radius 2 is 2.09 bits per heavy atom. The van der Waals surface area contributed by atoms with Crippen LogP contribution in [0.3, 0.4) is 0 Å². The van der Waals surface area contributed by atoms with Crippen LogP contribution >= 0.6 is 0 Å². The first kappa shape index (κ1) is 16.2. The number of rotatable bonds is 4. The number of sulfonamides is 1. The first-order valence-corrected chi connectivity index (χ1v) is 9.51. The van der Waals surface area contributed by atoms with Gasteiger partial charge >= 0.3 is 0 Å². The fraction of sp³-hybridized carbons (Fsp3) is 0.471. The molecule has 0 aromatic heterocycles. The van der Waals surface area contributed by atoms with Gasteiger partial charge < -0.3 is 4.90 Å². The van der Waals surface area contributed by atoms with E-state index >= 15 is 0 Å². The molecule has 124 valence electrons. The molecule has 3 rings (SSSR count). The third-order valence-electron chi connectivity index (χ3n) is 4.54. The molecule has 0 spiro atoms. The fourth-order valence-corrected chi connectivity index (χ4v) is 4.10. The van der Waals surface area contributed by atoms with Gasteiger partial charge in [-0.15, -0.1) is 0 Å². The minimum absolute atomic E-state index is 0.0366. The minimum Gasteiger partial charge on any atom is -0.335 e. The molecule has 1 amide bonds. The minimum atomic E-state index is -3.55. The van der Waals surface area contributed by atoms with Crippen molar-refractivity contribution in [2.24, 2.45) is 0 Å². The van der Waals surface area contributed by atoms with Crippen molar-refractivity contribution in [2.75, 3.05) is 13.1 Å². The lowest BCUT2D eigenvalue weighted by molar-refractivity contribution is 0.0769. The third-order valence-corrected chi connectivity index (χ3v) is 6.06. The lowest BCUT2D eigenvalue weighted by atomic mass is 9.94. The van der Waals surface area contributed by atoms with Gasteiger partial charge in [0, 0.05) is 24.7 Å². The van der Waals surface area contributed by atoms with E-state index in [0.29, 0.717) is 18.7 Å². The van der Waals surface area contributed by atoms with Gasteiger partial charge in [-0.2, -0.15) is 0 Å². The van der Waals surface area contributed by atoms with Gasteiger partial charge in [0.2, 0.25) is 10.0 Å². The Kier molecular flexibility index (Phi) is 4.55. The molecular formula is C17H22N2O3S. The van der Waals surface area contributed by atoms with Crippen LogP contribution in [0.2, 0.25) is 0 Å². The van der Waals surface area contributed by atoms with Crippen molar-refractivity contribution < 1.29 is 13.2 Å². The molecule has 5 nitrogen and oxygen atoms in total. The monoisotopic (exact) mass is 334 g/mol. The van der Waals surface area contributed by atoms with Crippen molar-refractivity contribution in [1.82, 2.24) is 9.62 Å². The maximum absolute atomic E-state index is 12.6. The van der Waals surface area contributed by atoms with Crippen LogP contribution < -0.4 is 4.72 Å². The van der Waals surface area contributed by atoms with Gasteiger partial charge in [0.05, 0.1) is 4.90 Å². The van der Waals surface area contributed by atoms with Crippen molar-refractivity contribution >= 4 is 15.9 Å². The quantitative estimate of drug-likeness (QED) is 0.859. The molecule has 2 aliphatic rings. The molecule has 6 heteroatoms.